The largest absolute Gasteiger partial charge is 0.493 e. The number of hydrogen-bond donors (Lipinski definition) is 1. The Morgan fingerprint density at radius 2 is 2.33 bits per heavy atom. The van der Waals surface area contributed by atoms with Crippen molar-refractivity contribution in [2.45, 2.75) is 45.3 Å². The highest BCUT2D eigenvalue weighted by Gasteiger charge is 2.16. The Bertz CT molecular complexity index is 381. The molecular weight excluding hydrogens is 228 g/mol. The van der Waals surface area contributed by atoms with Crippen LogP contribution in [-0.2, 0) is 4.74 Å². The molecular formula is C15H22O3. The molecule has 0 saturated carbocycles. The summed E-state index contributed by atoms with van der Waals surface area (Å²) in [5.74, 6) is 0.786. The van der Waals surface area contributed by atoms with E-state index in [4.69, 9.17) is 9.47 Å². The lowest BCUT2D eigenvalue weighted by Gasteiger charge is -2.15. The number of aliphatic hydroxyl groups is 1. The van der Waals surface area contributed by atoms with E-state index in [-0.39, 0.29) is 0 Å². The van der Waals surface area contributed by atoms with Crippen LogP contribution in [0.1, 0.15) is 43.4 Å². The molecule has 0 radical (unpaired) electrons. The highest BCUT2D eigenvalue weighted by atomic mass is 16.5. The van der Waals surface area contributed by atoms with Gasteiger partial charge in [-0.1, -0.05) is 11.6 Å². The Balaban J connectivity index is 1.91. The van der Waals surface area contributed by atoms with Gasteiger partial charge in [0.2, 0.25) is 0 Å². The number of rotatable bonds is 5. The molecule has 3 nitrogen and oxygen atoms in total. The molecule has 1 aliphatic heterocycles. The third kappa shape index (κ3) is 3.47. The van der Waals surface area contributed by atoms with Crippen molar-refractivity contribution in [3.8, 4) is 5.75 Å². The smallest absolute Gasteiger partial charge is 0.125 e. The van der Waals surface area contributed by atoms with E-state index in [1.807, 2.05) is 25.1 Å². The lowest BCUT2D eigenvalue weighted by molar-refractivity contribution is 0.0896. The van der Waals surface area contributed by atoms with E-state index >= 15 is 0 Å². The molecule has 2 atom stereocenters. The second kappa shape index (κ2) is 6.21. The van der Waals surface area contributed by atoms with Gasteiger partial charge in [0.25, 0.3) is 0 Å². The summed E-state index contributed by atoms with van der Waals surface area (Å²) in [6.45, 7) is 5.31. The van der Waals surface area contributed by atoms with Crippen LogP contribution in [0, 0.1) is 6.92 Å². The van der Waals surface area contributed by atoms with Crippen molar-refractivity contribution in [2.24, 2.45) is 0 Å². The molecule has 1 unspecified atom stereocenters. The van der Waals surface area contributed by atoms with Crippen LogP contribution in [-0.4, -0.2) is 24.4 Å². The summed E-state index contributed by atoms with van der Waals surface area (Å²) in [6, 6.07) is 5.92. The Labute approximate surface area is 109 Å². The molecule has 0 bridgehead atoms. The maximum Gasteiger partial charge on any atom is 0.125 e. The second-order valence-electron chi connectivity index (χ2n) is 4.99. The van der Waals surface area contributed by atoms with Crippen molar-refractivity contribution >= 4 is 0 Å². The second-order valence-corrected chi connectivity index (χ2v) is 4.99. The summed E-state index contributed by atoms with van der Waals surface area (Å²) in [4.78, 5) is 0. The molecule has 1 N–H and O–H groups in total. The fraction of sp³-hybridized carbons (Fsp3) is 0.600. The van der Waals surface area contributed by atoms with E-state index < -0.39 is 6.10 Å². The molecule has 1 saturated heterocycles. The van der Waals surface area contributed by atoms with Gasteiger partial charge in [0.05, 0.1) is 18.8 Å². The minimum Gasteiger partial charge on any atom is -0.493 e. The maximum atomic E-state index is 9.74. The normalized spacial score (nSPS) is 20.9. The number of hydrogen-bond acceptors (Lipinski definition) is 3. The van der Waals surface area contributed by atoms with Crippen LogP contribution in [0.4, 0.5) is 0 Å². The fourth-order valence-electron chi connectivity index (χ4n) is 2.30. The van der Waals surface area contributed by atoms with E-state index in [0.717, 1.165) is 42.7 Å². The standard InChI is InChI=1S/C15H22O3/c1-11-5-6-15(14(10-11)12(2)16)18-9-7-13-4-3-8-17-13/h5-6,10,12-13,16H,3-4,7-9H2,1-2H3/t12-,13?/m1/s1. The van der Waals surface area contributed by atoms with E-state index in [1.54, 1.807) is 6.92 Å². The average molecular weight is 250 g/mol. The molecule has 100 valence electrons. The molecule has 0 aromatic heterocycles. The lowest BCUT2D eigenvalue weighted by Crippen LogP contribution is -2.11. The minimum absolute atomic E-state index is 0.352. The van der Waals surface area contributed by atoms with Gasteiger partial charge in [-0.05, 0) is 38.8 Å². The summed E-state index contributed by atoms with van der Waals surface area (Å²) >= 11 is 0. The summed E-state index contributed by atoms with van der Waals surface area (Å²) in [5.41, 5.74) is 2.00. The minimum atomic E-state index is -0.498. The molecule has 2 rings (SSSR count). The quantitative estimate of drug-likeness (QED) is 0.873. The van der Waals surface area contributed by atoms with E-state index in [1.165, 1.54) is 0 Å². The molecule has 1 heterocycles. The van der Waals surface area contributed by atoms with Crippen LogP contribution in [0.3, 0.4) is 0 Å². The van der Waals surface area contributed by atoms with Crippen LogP contribution in [0.2, 0.25) is 0 Å². The van der Waals surface area contributed by atoms with Gasteiger partial charge in [0.15, 0.2) is 0 Å². The van der Waals surface area contributed by atoms with Gasteiger partial charge < -0.3 is 14.6 Å². The first-order valence-electron chi connectivity index (χ1n) is 6.70. The third-order valence-electron chi connectivity index (χ3n) is 3.34. The highest BCUT2D eigenvalue weighted by Crippen LogP contribution is 2.26. The first-order valence-corrected chi connectivity index (χ1v) is 6.70. The number of ether oxygens (including phenoxy) is 2. The Morgan fingerprint density at radius 3 is 3.00 bits per heavy atom. The molecule has 1 aromatic carbocycles. The molecule has 0 aliphatic carbocycles. The molecule has 1 aromatic rings. The van der Waals surface area contributed by atoms with Crippen molar-refractivity contribution < 1.29 is 14.6 Å². The van der Waals surface area contributed by atoms with Gasteiger partial charge in [-0.2, -0.15) is 0 Å². The SMILES string of the molecule is Cc1ccc(OCCC2CCCO2)c([C@@H](C)O)c1. The number of benzene rings is 1. The summed E-state index contributed by atoms with van der Waals surface area (Å²) < 4.78 is 11.3. The van der Waals surface area contributed by atoms with Crippen molar-refractivity contribution in [1.29, 1.82) is 0 Å². The Kier molecular flexibility index (Phi) is 4.61. The average Bonchev–Trinajstić information content (AvgIpc) is 2.84. The van der Waals surface area contributed by atoms with Crippen molar-refractivity contribution in [2.75, 3.05) is 13.2 Å². The molecule has 1 fully saturated rings. The predicted octanol–water partition coefficient (Wildman–Crippen LogP) is 3.00. The summed E-state index contributed by atoms with van der Waals surface area (Å²) in [7, 11) is 0. The lowest BCUT2D eigenvalue weighted by atomic mass is 10.1. The molecule has 3 heteroatoms. The van der Waals surface area contributed by atoms with Gasteiger partial charge in [-0.25, -0.2) is 0 Å². The topological polar surface area (TPSA) is 38.7 Å². The predicted molar refractivity (Wildman–Crippen MR) is 70.9 cm³/mol. The molecule has 0 amide bonds. The van der Waals surface area contributed by atoms with Crippen LogP contribution in [0.25, 0.3) is 0 Å². The third-order valence-corrected chi connectivity index (χ3v) is 3.34. The van der Waals surface area contributed by atoms with Gasteiger partial charge in [-0.3, -0.25) is 0 Å². The van der Waals surface area contributed by atoms with Crippen LogP contribution < -0.4 is 4.74 Å². The molecule has 18 heavy (non-hydrogen) atoms. The van der Waals surface area contributed by atoms with E-state index in [0.29, 0.717) is 12.7 Å². The summed E-state index contributed by atoms with van der Waals surface area (Å²) in [6.07, 6.45) is 3.08. The number of aryl methyl sites for hydroxylation is 1. The first kappa shape index (κ1) is 13.4. The maximum absolute atomic E-state index is 9.74. The Hall–Kier alpha value is -1.06. The zero-order valence-corrected chi connectivity index (χ0v) is 11.2. The van der Waals surface area contributed by atoms with Gasteiger partial charge in [-0.15, -0.1) is 0 Å². The first-order chi connectivity index (χ1) is 8.66. The van der Waals surface area contributed by atoms with Crippen LogP contribution in [0.15, 0.2) is 18.2 Å². The zero-order valence-electron chi connectivity index (χ0n) is 11.2. The zero-order chi connectivity index (χ0) is 13.0. The monoisotopic (exact) mass is 250 g/mol. The Morgan fingerprint density at radius 1 is 1.50 bits per heavy atom. The van der Waals surface area contributed by atoms with Crippen molar-refractivity contribution in [3.63, 3.8) is 0 Å². The number of aliphatic hydroxyl groups excluding tert-OH is 1. The highest BCUT2D eigenvalue weighted by molar-refractivity contribution is 5.38. The van der Waals surface area contributed by atoms with Gasteiger partial charge in [0, 0.05) is 18.6 Å². The molecule has 0 spiro atoms. The molecule has 1 aliphatic rings. The van der Waals surface area contributed by atoms with Crippen LogP contribution >= 0.6 is 0 Å². The van der Waals surface area contributed by atoms with E-state index in [2.05, 4.69) is 0 Å². The van der Waals surface area contributed by atoms with Crippen molar-refractivity contribution in [3.05, 3.63) is 29.3 Å². The van der Waals surface area contributed by atoms with Gasteiger partial charge in [0.1, 0.15) is 5.75 Å². The summed E-state index contributed by atoms with van der Waals surface area (Å²) in [5, 5.41) is 9.74. The van der Waals surface area contributed by atoms with Crippen LogP contribution in [0.5, 0.6) is 5.75 Å². The fourth-order valence-corrected chi connectivity index (χ4v) is 2.30. The van der Waals surface area contributed by atoms with Gasteiger partial charge >= 0.3 is 0 Å². The van der Waals surface area contributed by atoms with Crippen molar-refractivity contribution in [1.82, 2.24) is 0 Å². The van der Waals surface area contributed by atoms with E-state index in [9.17, 15) is 5.11 Å².